The summed E-state index contributed by atoms with van der Waals surface area (Å²) >= 11 is 4.96. The van der Waals surface area contributed by atoms with Crippen LogP contribution in [0.2, 0.25) is 0 Å². The van der Waals surface area contributed by atoms with E-state index in [0.717, 1.165) is 0 Å². The molecule has 0 amide bonds. The summed E-state index contributed by atoms with van der Waals surface area (Å²) in [6.07, 6.45) is 0. The molecule has 104 valence electrons. The molecule has 0 atom stereocenters. The number of methoxy groups -OCH3 is 1. The van der Waals surface area contributed by atoms with Crippen molar-refractivity contribution in [3.05, 3.63) is 59.4 Å². The van der Waals surface area contributed by atoms with Crippen LogP contribution >= 0.6 is 12.2 Å². The average molecular weight is 291 g/mol. The first-order chi connectivity index (χ1) is 9.61. The lowest BCUT2D eigenvalue weighted by Crippen LogP contribution is -2.11. The maximum absolute atomic E-state index is 13.6. The molecular formula is C15H14FNO2S. The number of halogens is 1. The molecule has 0 fully saturated rings. The summed E-state index contributed by atoms with van der Waals surface area (Å²) in [5.41, 5.74) is 6.98. The Kier molecular flexibility index (Phi) is 4.53. The fraction of sp³-hybridized carbons (Fsp3) is 0.133. The van der Waals surface area contributed by atoms with E-state index in [0.29, 0.717) is 16.9 Å². The van der Waals surface area contributed by atoms with E-state index in [1.807, 2.05) is 12.1 Å². The van der Waals surface area contributed by atoms with Crippen molar-refractivity contribution >= 4 is 17.2 Å². The predicted molar refractivity (Wildman–Crippen MR) is 79.6 cm³/mol. The van der Waals surface area contributed by atoms with E-state index < -0.39 is 5.82 Å². The van der Waals surface area contributed by atoms with Gasteiger partial charge in [-0.1, -0.05) is 30.4 Å². The molecule has 2 N–H and O–H groups in total. The average Bonchev–Trinajstić information content (AvgIpc) is 2.45. The van der Waals surface area contributed by atoms with Gasteiger partial charge in [0, 0.05) is 0 Å². The summed E-state index contributed by atoms with van der Waals surface area (Å²) in [6.45, 7) is 0.223. The number of hydrogen-bond acceptors (Lipinski definition) is 3. The second kappa shape index (κ2) is 6.34. The highest BCUT2D eigenvalue weighted by molar-refractivity contribution is 7.80. The predicted octanol–water partition coefficient (Wildman–Crippen LogP) is 3.05. The molecule has 0 aliphatic carbocycles. The molecule has 3 nitrogen and oxygen atoms in total. The van der Waals surface area contributed by atoms with Crippen molar-refractivity contribution in [2.45, 2.75) is 6.61 Å². The molecule has 0 bridgehead atoms. The molecule has 0 saturated heterocycles. The normalized spacial score (nSPS) is 10.1. The Morgan fingerprint density at radius 3 is 2.60 bits per heavy atom. The van der Waals surface area contributed by atoms with Crippen LogP contribution in [-0.2, 0) is 6.61 Å². The lowest BCUT2D eigenvalue weighted by Gasteiger charge is -2.11. The van der Waals surface area contributed by atoms with Crippen LogP contribution in [0.15, 0.2) is 42.5 Å². The fourth-order valence-corrected chi connectivity index (χ4v) is 1.93. The van der Waals surface area contributed by atoms with Gasteiger partial charge in [-0.3, -0.25) is 0 Å². The monoisotopic (exact) mass is 291 g/mol. The lowest BCUT2D eigenvalue weighted by molar-refractivity contribution is 0.304. The van der Waals surface area contributed by atoms with Crippen LogP contribution in [0.4, 0.5) is 4.39 Å². The third-order valence-electron chi connectivity index (χ3n) is 2.76. The summed E-state index contributed by atoms with van der Waals surface area (Å²) in [5.74, 6) is 0.366. The molecule has 0 aliphatic rings. The van der Waals surface area contributed by atoms with E-state index in [1.54, 1.807) is 24.3 Å². The molecule has 5 heteroatoms. The summed E-state index contributed by atoms with van der Waals surface area (Å²) in [5, 5.41) is 0. The first-order valence-corrected chi connectivity index (χ1v) is 6.36. The summed E-state index contributed by atoms with van der Waals surface area (Å²) < 4.78 is 24.1. The van der Waals surface area contributed by atoms with Crippen LogP contribution in [0.5, 0.6) is 11.5 Å². The van der Waals surface area contributed by atoms with Crippen molar-refractivity contribution in [3.63, 3.8) is 0 Å². The van der Waals surface area contributed by atoms with E-state index in [9.17, 15) is 4.39 Å². The van der Waals surface area contributed by atoms with Crippen molar-refractivity contribution in [2.75, 3.05) is 7.11 Å². The fourth-order valence-electron chi connectivity index (χ4n) is 1.76. The van der Waals surface area contributed by atoms with Crippen LogP contribution in [0.25, 0.3) is 0 Å². The largest absolute Gasteiger partial charge is 0.494 e. The molecule has 0 radical (unpaired) electrons. The quantitative estimate of drug-likeness (QED) is 0.860. The van der Waals surface area contributed by atoms with Gasteiger partial charge in [-0.2, -0.15) is 0 Å². The molecule has 0 saturated carbocycles. The third-order valence-corrected chi connectivity index (χ3v) is 2.98. The first-order valence-electron chi connectivity index (χ1n) is 5.96. The second-order valence-electron chi connectivity index (χ2n) is 4.12. The van der Waals surface area contributed by atoms with Gasteiger partial charge in [-0.15, -0.1) is 0 Å². The van der Waals surface area contributed by atoms with Crippen molar-refractivity contribution in [3.8, 4) is 11.5 Å². The maximum atomic E-state index is 13.6. The Hall–Kier alpha value is -2.14. The van der Waals surface area contributed by atoms with Gasteiger partial charge in [0.1, 0.15) is 17.3 Å². The van der Waals surface area contributed by atoms with E-state index in [4.69, 9.17) is 27.4 Å². The van der Waals surface area contributed by atoms with Gasteiger partial charge in [-0.25, -0.2) is 4.39 Å². The van der Waals surface area contributed by atoms with Gasteiger partial charge in [0.05, 0.1) is 12.7 Å². The first kappa shape index (κ1) is 14.3. The van der Waals surface area contributed by atoms with E-state index in [2.05, 4.69) is 0 Å². The molecule has 2 rings (SSSR count). The van der Waals surface area contributed by atoms with Gasteiger partial charge in [0.2, 0.25) is 0 Å². The van der Waals surface area contributed by atoms with Crippen LogP contribution in [-0.4, -0.2) is 12.1 Å². The van der Waals surface area contributed by atoms with E-state index in [-0.39, 0.29) is 17.3 Å². The highest BCUT2D eigenvalue weighted by atomic mass is 32.1. The van der Waals surface area contributed by atoms with Gasteiger partial charge >= 0.3 is 0 Å². The van der Waals surface area contributed by atoms with Gasteiger partial charge in [0.25, 0.3) is 0 Å². The highest BCUT2D eigenvalue weighted by Gasteiger charge is 2.07. The van der Waals surface area contributed by atoms with Crippen LogP contribution in [0.3, 0.4) is 0 Å². The minimum absolute atomic E-state index is 0.206. The van der Waals surface area contributed by atoms with Crippen LogP contribution in [0.1, 0.15) is 11.1 Å². The number of hydrogen-bond donors (Lipinski definition) is 1. The highest BCUT2D eigenvalue weighted by Crippen LogP contribution is 2.21. The summed E-state index contributed by atoms with van der Waals surface area (Å²) in [4.78, 5) is 0.265. The molecule has 2 aromatic rings. The Morgan fingerprint density at radius 2 is 1.95 bits per heavy atom. The molecule has 2 aromatic carbocycles. The van der Waals surface area contributed by atoms with Crippen molar-refractivity contribution in [1.82, 2.24) is 0 Å². The molecule has 0 heterocycles. The summed E-state index contributed by atoms with van der Waals surface area (Å²) in [6, 6.07) is 11.9. The number of para-hydroxylation sites is 1. The molecule has 0 aliphatic heterocycles. The smallest absolute Gasteiger partial charge is 0.165 e. The maximum Gasteiger partial charge on any atom is 0.165 e. The number of benzene rings is 2. The van der Waals surface area contributed by atoms with Crippen LogP contribution < -0.4 is 15.2 Å². The van der Waals surface area contributed by atoms with E-state index in [1.165, 1.54) is 13.2 Å². The Labute approximate surface area is 122 Å². The Balaban J connectivity index is 2.13. The molecule has 0 spiro atoms. The van der Waals surface area contributed by atoms with Crippen molar-refractivity contribution < 1.29 is 13.9 Å². The zero-order valence-electron chi connectivity index (χ0n) is 10.9. The van der Waals surface area contributed by atoms with E-state index >= 15 is 0 Å². The van der Waals surface area contributed by atoms with Crippen molar-refractivity contribution in [2.24, 2.45) is 5.73 Å². The molecular weight excluding hydrogens is 277 g/mol. The van der Waals surface area contributed by atoms with Gasteiger partial charge < -0.3 is 15.2 Å². The molecule has 0 aromatic heterocycles. The number of thiocarbonyl (C=S) groups is 1. The van der Waals surface area contributed by atoms with Crippen molar-refractivity contribution in [1.29, 1.82) is 0 Å². The Bertz CT molecular complexity index is 631. The number of nitrogens with two attached hydrogens (primary N) is 1. The minimum Gasteiger partial charge on any atom is -0.494 e. The minimum atomic E-state index is -0.420. The number of rotatable bonds is 5. The third kappa shape index (κ3) is 3.24. The Morgan fingerprint density at radius 1 is 1.20 bits per heavy atom. The molecule has 0 unspecified atom stereocenters. The molecule has 20 heavy (non-hydrogen) atoms. The topological polar surface area (TPSA) is 44.5 Å². The zero-order valence-corrected chi connectivity index (χ0v) is 11.7. The zero-order chi connectivity index (χ0) is 14.5. The van der Waals surface area contributed by atoms with Gasteiger partial charge in [0.15, 0.2) is 11.6 Å². The SMILES string of the molecule is COc1ccc(COc2ccccc2C(N)=S)cc1F. The van der Waals surface area contributed by atoms with Gasteiger partial charge in [-0.05, 0) is 29.8 Å². The summed E-state index contributed by atoms with van der Waals surface area (Å²) in [7, 11) is 1.42. The number of ether oxygens (including phenoxy) is 2. The van der Waals surface area contributed by atoms with Crippen LogP contribution in [0, 0.1) is 5.82 Å². The lowest BCUT2D eigenvalue weighted by atomic mass is 10.2. The standard InChI is InChI=1S/C15H14FNO2S/c1-18-14-7-6-10(8-12(14)16)9-19-13-5-3-2-4-11(13)15(17)20/h2-8H,9H2,1H3,(H2,17,20). The second-order valence-corrected chi connectivity index (χ2v) is 4.56.